The van der Waals surface area contributed by atoms with Crippen LogP contribution in [-0.2, 0) is 10.8 Å². The summed E-state index contributed by atoms with van der Waals surface area (Å²) in [5, 5.41) is 15.4. The standard InChI is InChI=1S/C60H42/c1-59(2)55-19-11-9-17-43(55)53-31-49-45(39-23-21-35-13-5-7-15-37(35)25-39)28-41-27-42-29-46(40-24-22-36-14-6-8-16-38(36)26-40)50-32-54-44-18-10-12-20-56(44)60(3,4)58(54)34-52(50)48(42)30-47(41)51(49)33-57(53)59/h5-34H,1-4H3. The van der Waals surface area contributed by atoms with Gasteiger partial charge in [0.2, 0.25) is 0 Å². The zero-order valence-corrected chi connectivity index (χ0v) is 34.3. The summed E-state index contributed by atoms with van der Waals surface area (Å²) in [6.45, 7) is 9.60. The van der Waals surface area contributed by atoms with Gasteiger partial charge in [0.05, 0.1) is 0 Å². The highest BCUT2D eigenvalue weighted by Gasteiger charge is 2.37. The Morgan fingerprint density at radius 1 is 0.233 bits per heavy atom. The first-order valence-corrected chi connectivity index (χ1v) is 21.4. The van der Waals surface area contributed by atoms with Crippen molar-refractivity contribution >= 4 is 64.6 Å². The van der Waals surface area contributed by atoms with Crippen LogP contribution in [0.2, 0.25) is 0 Å². The summed E-state index contributed by atoms with van der Waals surface area (Å²) in [7, 11) is 0. The minimum Gasteiger partial charge on any atom is -0.0619 e. The largest absolute Gasteiger partial charge is 0.0619 e. The average molecular weight is 763 g/mol. The van der Waals surface area contributed by atoms with Crippen molar-refractivity contribution in [2.45, 2.75) is 38.5 Å². The molecular formula is C60H42. The lowest BCUT2D eigenvalue weighted by atomic mass is 9.80. The van der Waals surface area contributed by atoms with Crippen molar-refractivity contribution in [3.63, 3.8) is 0 Å². The van der Waals surface area contributed by atoms with Gasteiger partial charge in [-0.1, -0.05) is 149 Å². The fourth-order valence-corrected chi connectivity index (χ4v) is 11.4. The van der Waals surface area contributed by atoms with E-state index in [0.717, 1.165) is 0 Å². The van der Waals surface area contributed by atoms with Crippen LogP contribution in [0, 0.1) is 0 Å². The molecule has 11 aromatic carbocycles. The molecule has 0 saturated heterocycles. The predicted molar refractivity (Wildman–Crippen MR) is 257 cm³/mol. The van der Waals surface area contributed by atoms with E-state index < -0.39 is 0 Å². The van der Waals surface area contributed by atoms with Gasteiger partial charge in [0.1, 0.15) is 0 Å². The maximum Gasteiger partial charge on any atom is 0.0159 e. The summed E-state index contributed by atoms with van der Waals surface area (Å²) in [5.74, 6) is 0. The first kappa shape index (κ1) is 33.9. The molecule has 0 atom stereocenters. The summed E-state index contributed by atoms with van der Waals surface area (Å²) >= 11 is 0. The Kier molecular flexibility index (Phi) is 6.67. The van der Waals surface area contributed by atoms with Crippen LogP contribution in [0.4, 0.5) is 0 Å². The van der Waals surface area contributed by atoms with Gasteiger partial charge in [-0.05, 0) is 192 Å². The fourth-order valence-electron chi connectivity index (χ4n) is 11.4. The molecule has 0 bridgehead atoms. The summed E-state index contributed by atoms with van der Waals surface area (Å²) in [6, 6.07) is 69.6. The van der Waals surface area contributed by atoms with E-state index in [1.807, 2.05) is 0 Å². The highest BCUT2D eigenvalue weighted by molar-refractivity contribution is 6.23. The van der Waals surface area contributed by atoms with Crippen LogP contribution in [-0.4, -0.2) is 0 Å². The van der Waals surface area contributed by atoms with Crippen molar-refractivity contribution < 1.29 is 0 Å². The molecule has 0 heterocycles. The number of rotatable bonds is 2. The molecule has 13 rings (SSSR count). The van der Waals surface area contributed by atoms with Crippen LogP contribution >= 0.6 is 0 Å². The summed E-state index contributed by atoms with van der Waals surface area (Å²) in [4.78, 5) is 0. The van der Waals surface area contributed by atoms with Gasteiger partial charge < -0.3 is 0 Å². The van der Waals surface area contributed by atoms with Crippen molar-refractivity contribution in [2.24, 2.45) is 0 Å². The third-order valence-corrected chi connectivity index (χ3v) is 14.5. The van der Waals surface area contributed by atoms with Gasteiger partial charge in [0, 0.05) is 10.8 Å². The van der Waals surface area contributed by atoms with E-state index in [1.165, 1.54) is 131 Å². The SMILES string of the molecule is CC1(C)c2ccccc2-c2cc3c(-c4ccc5ccccc5c4)cc4cc5cc(-c6ccc7ccccc7c6)c6cc7c(cc6c5cc4c3cc21)C(C)(C)c1ccccc1-7. The van der Waals surface area contributed by atoms with Crippen LogP contribution < -0.4 is 0 Å². The number of hydrogen-bond acceptors (Lipinski definition) is 0. The Bertz CT molecular complexity index is 3460. The molecule has 2 aliphatic rings. The topological polar surface area (TPSA) is 0 Å². The summed E-state index contributed by atoms with van der Waals surface area (Å²) in [6.07, 6.45) is 0. The lowest BCUT2D eigenvalue weighted by molar-refractivity contribution is 0.661. The lowest BCUT2D eigenvalue weighted by Crippen LogP contribution is -2.14. The van der Waals surface area contributed by atoms with Gasteiger partial charge in [-0.2, -0.15) is 0 Å². The molecule has 2 aliphatic carbocycles. The van der Waals surface area contributed by atoms with Crippen molar-refractivity contribution in [3.05, 3.63) is 204 Å². The fraction of sp³-hybridized carbons (Fsp3) is 0.100. The molecule has 0 nitrogen and oxygen atoms in total. The number of benzene rings is 11. The Balaban J connectivity index is 1.16. The van der Waals surface area contributed by atoms with Crippen LogP contribution in [0.1, 0.15) is 49.9 Å². The minimum atomic E-state index is -0.106. The first-order valence-electron chi connectivity index (χ1n) is 21.4. The van der Waals surface area contributed by atoms with Crippen LogP contribution in [0.15, 0.2) is 182 Å². The zero-order chi connectivity index (χ0) is 40.1. The third kappa shape index (κ3) is 4.57. The van der Waals surface area contributed by atoms with E-state index >= 15 is 0 Å². The molecule has 0 radical (unpaired) electrons. The highest BCUT2D eigenvalue weighted by Crippen LogP contribution is 2.54. The molecule has 0 N–H and O–H groups in total. The minimum absolute atomic E-state index is 0.106. The Morgan fingerprint density at radius 3 is 1.12 bits per heavy atom. The average Bonchev–Trinajstić information content (AvgIpc) is 3.65. The Hall–Kier alpha value is -7.02. The van der Waals surface area contributed by atoms with Crippen molar-refractivity contribution in [1.29, 1.82) is 0 Å². The molecule has 0 heteroatoms. The molecule has 0 spiro atoms. The zero-order valence-electron chi connectivity index (χ0n) is 34.3. The monoisotopic (exact) mass is 762 g/mol. The van der Waals surface area contributed by atoms with Gasteiger partial charge in [-0.3, -0.25) is 0 Å². The van der Waals surface area contributed by atoms with E-state index in [9.17, 15) is 0 Å². The van der Waals surface area contributed by atoms with Crippen molar-refractivity contribution in [1.82, 2.24) is 0 Å². The van der Waals surface area contributed by atoms with Crippen LogP contribution in [0.5, 0.6) is 0 Å². The summed E-state index contributed by atoms with van der Waals surface area (Å²) < 4.78 is 0. The molecule has 0 amide bonds. The quantitative estimate of drug-likeness (QED) is 0.122. The van der Waals surface area contributed by atoms with E-state index in [2.05, 4.69) is 210 Å². The molecule has 0 saturated carbocycles. The van der Waals surface area contributed by atoms with Crippen LogP contribution in [0.3, 0.4) is 0 Å². The van der Waals surface area contributed by atoms with E-state index in [4.69, 9.17) is 0 Å². The maximum atomic E-state index is 2.55. The first-order chi connectivity index (χ1) is 29.2. The molecule has 60 heavy (non-hydrogen) atoms. The van der Waals surface area contributed by atoms with Crippen molar-refractivity contribution in [2.75, 3.05) is 0 Å². The van der Waals surface area contributed by atoms with Gasteiger partial charge in [0.25, 0.3) is 0 Å². The molecular weight excluding hydrogens is 721 g/mol. The normalized spacial score (nSPS) is 14.6. The predicted octanol–water partition coefficient (Wildman–Crippen LogP) is 16.6. The second-order valence-electron chi connectivity index (χ2n) is 18.5. The van der Waals surface area contributed by atoms with E-state index in [0.29, 0.717) is 0 Å². The summed E-state index contributed by atoms with van der Waals surface area (Å²) in [5.41, 5.74) is 15.9. The third-order valence-electron chi connectivity index (χ3n) is 14.5. The van der Waals surface area contributed by atoms with E-state index in [-0.39, 0.29) is 10.8 Å². The Labute approximate surface area is 350 Å². The molecule has 282 valence electrons. The highest BCUT2D eigenvalue weighted by atomic mass is 14.4. The van der Waals surface area contributed by atoms with Gasteiger partial charge in [-0.25, -0.2) is 0 Å². The van der Waals surface area contributed by atoms with Gasteiger partial charge >= 0.3 is 0 Å². The lowest BCUT2D eigenvalue weighted by Gasteiger charge is -2.23. The Morgan fingerprint density at radius 2 is 0.650 bits per heavy atom. The second kappa shape index (κ2) is 11.8. The molecule has 0 fully saturated rings. The van der Waals surface area contributed by atoms with E-state index in [1.54, 1.807) is 0 Å². The molecule has 0 aliphatic heterocycles. The van der Waals surface area contributed by atoms with Gasteiger partial charge in [-0.15, -0.1) is 0 Å². The second-order valence-corrected chi connectivity index (χ2v) is 18.5. The maximum absolute atomic E-state index is 2.55. The van der Waals surface area contributed by atoms with Gasteiger partial charge in [0.15, 0.2) is 0 Å². The molecule has 0 unspecified atom stereocenters. The smallest absolute Gasteiger partial charge is 0.0159 e. The number of fused-ring (bicyclic) bond motifs is 14. The van der Waals surface area contributed by atoms with Crippen molar-refractivity contribution in [3.8, 4) is 44.5 Å². The number of hydrogen-bond donors (Lipinski definition) is 0. The molecule has 11 aromatic rings. The van der Waals surface area contributed by atoms with Crippen LogP contribution in [0.25, 0.3) is 109 Å². The molecule has 0 aromatic heterocycles.